The minimum Gasteiger partial charge on any atom is -0.482 e. The van der Waals surface area contributed by atoms with Crippen LogP contribution in [0.3, 0.4) is 0 Å². The number of benzene rings is 2. The van der Waals surface area contributed by atoms with Gasteiger partial charge < -0.3 is 14.6 Å². The van der Waals surface area contributed by atoms with E-state index in [4.69, 9.17) is 4.74 Å². The fourth-order valence-corrected chi connectivity index (χ4v) is 4.13. The number of carbonyl (C=O) groups excluding carboxylic acids is 2. The number of aryl methyl sites for hydroxylation is 2. The first kappa shape index (κ1) is 23.5. The highest BCUT2D eigenvalue weighted by Crippen LogP contribution is 2.27. The van der Waals surface area contributed by atoms with Gasteiger partial charge in [-0.1, -0.05) is 41.6 Å². The Balaban J connectivity index is 1.64. The van der Waals surface area contributed by atoms with E-state index in [1.54, 1.807) is 24.3 Å². The third-order valence-corrected chi connectivity index (χ3v) is 5.91. The van der Waals surface area contributed by atoms with Gasteiger partial charge in [-0.05, 0) is 58.4 Å². The molecule has 1 unspecified atom stereocenters. The SMILES string of the molecule is CCn1c(SCC(=O)Nc2cccc(C(C)=O)c2)nnc1C(C)Oc1ccc(C)cc1C. The number of rotatable bonds is 9. The van der Waals surface area contributed by atoms with E-state index in [2.05, 4.69) is 21.6 Å². The summed E-state index contributed by atoms with van der Waals surface area (Å²) in [5, 5.41) is 12.1. The van der Waals surface area contributed by atoms with Crippen molar-refractivity contribution in [3.63, 3.8) is 0 Å². The van der Waals surface area contributed by atoms with Crippen LogP contribution in [0.4, 0.5) is 5.69 Å². The molecule has 1 aromatic heterocycles. The Morgan fingerprint density at radius 1 is 1.16 bits per heavy atom. The summed E-state index contributed by atoms with van der Waals surface area (Å²) < 4.78 is 8.10. The molecule has 1 atom stereocenters. The molecule has 1 amide bonds. The standard InChI is InChI=1S/C24H28N4O3S/c1-6-28-23(18(5)31-21-11-10-15(2)12-16(21)3)26-27-24(28)32-14-22(30)25-20-9-7-8-19(13-20)17(4)29/h7-13,18H,6,14H2,1-5H3,(H,25,30). The van der Waals surface area contributed by atoms with Crippen molar-refractivity contribution >= 4 is 29.1 Å². The average molecular weight is 453 g/mol. The number of aromatic nitrogens is 3. The fourth-order valence-electron chi connectivity index (χ4n) is 3.32. The lowest BCUT2D eigenvalue weighted by Gasteiger charge is -2.17. The molecule has 0 bridgehead atoms. The second kappa shape index (κ2) is 10.5. The first-order valence-electron chi connectivity index (χ1n) is 10.5. The van der Waals surface area contributed by atoms with E-state index >= 15 is 0 Å². The molecule has 0 saturated heterocycles. The van der Waals surface area contributed by atoms with Gasteiger partial charge in [-0.15, -0.1) is 10.2 Å². The molecule has 0 aliphatic rings. The van der Waals surface area contributed by atoms with Gasteiger partial charge in [0.1, 0.15) is 5.75 Å². The monoisotopic (exact) mass is 452 g/mol. The second-order valence-electron chi connectivity index (χ2n) is 7.59. The zero-order chi connectivity index (χ0) is 23.3. The maximum Gasteiger partial charge on any atom is 0.234 e. The Bertz CT molecular complexity index is 1130. The van der Waals surface area contributed by atoms with Gasteiger partial charge in [0, 0.05) is 17.8 Å². The number of nitrogens with zero attached hydrogens (tertiary/aromatic N) is 3. The van der Waals surface area contributed by atoms with E-state index in [1.165, 1.54) is 24.2 Å². The Labute approximate surface area is 192 Å². The van der Waals surface area contributed by atoms with Crippen LogP contribution in [0.5, 0.6) is 5.75 Å². The van der Waals surface area contributed by atoms with Gasteiger partial charge in [-0.3, -0.25) is 9.59 Å². The van der Waals surface area contributed by atoms with Crippen molar-refractivity contribution in [2.24, 2.45) is 0 Å². The molecule has 3 rings (SSSR count). The van der Waals surface area contributed by atoms with Crippen LogP contribution in [0.25, 0.3) is 0 Å². The van der Waals surface area contributed by atoms with Crippen LogP contribution in [-0.4, -0.2) is 32.2 Å². The Morgan fingerprint density at radius 3 is 2.62 bits per heavy atom. The predicted molar refractivity (Wildman–Crippen MR) is 126 cm³/mol. The first-order chi connectivity index (χ1) is 15.3. The van der Waals surface area contributed by atoms with Crippen LogP contribution in [-0.2, 0) is 11.3 Å². The van der Waals surface area contributed by atoms with Crippen LogP contribution in [0.1, 0.15) is 54.2 Å². The van der Waals surface area contributed by atoms with Gasteiger partial charge >= 0.3 is 0 Å². The molecule has 0 aliphatic carbocycles. The maximum atomic E-state index is 12.4. The van der Waals surface area contributed by atoms with Crippen molar-refractivity contribution < 1.29 is 14.3 Å². The lowest BCUT2D eigenvalue weighted by Crippen LogP contribution is -2.15. The molecular formula is C24H28N4O3S. The molecule has 8 heteroatoms. The average Bonchev–Trinajstić information content (AvgIpc) is 3.17. The number of ketones is 1. The highest BCUT2D eigenvalue weighted by Gasteiger charge is 2.20. The fraction of sp³-hybridized carbons (Fsp3) is 0.333. The van der Waals surface area contributed by atoms with Crippen molar-refractivity contribution in [3.05, 3.63) is 65.0 Å². The molecule has 1 heterocycles. The largest absolute Gasteiger partial charge is 0.482 e. The molecule has 2 aromatic carbocycles. The van der Waals surface area contributed by atoms with Crippen molar-refractivity contribution in [2.75, 3.05) is 11.1 Å². The van der Waals surface area contributed by atoms with Gasteiger partial charge in [0.25, 0.3) is 0 Å². The minimum absolute atomic E-state index is 0.0452. The van der Waals surface area contributed by atoms with E-state index in [0.717, 1.165) is 11.3 Å². The minimum atomic E-state index is -0.290. The quantitative estimate of drug-likeness (QED) is 0.364. The van der Waals surface area contributed by atoms with Gasteiger partial charge in [0.05, 0.1) is 5.75 Å². The van der Waals surface area contributed by atoms with Crippen molar-refractivity contribution in [3.8, 4) is 5.75 Å². The molecule has 0 fully saturated rings. The molecule has 32 heavy (non-hydrogen) atoms. The molecular weight excluding hydrogens is 424 g/mol. The van der Waals surface area contributed by atoms with Crippen LogP contribution in [0.15, 0.2) is 47.6 Å². The number of carbonyl (C=O) groups is 2. The number of Topliss-reactive ketones (excluding diaryl/α,β-unsaturated/α-hetero) is 1. The van der Waals surface area contributed by atoms with Crippen LogP contribution in [0, 0.1) is 13.8 Å². The Kier molecular flexibility index (Phi) is 7.69. The van der Waals surface area contributed by atoms with Crippen molar-refractivity contribution in [2.45, 2.75) is 52.4 Å². The molecule has 7 nitrogen and oxygen atoms in total. The Hall–Kier alpha value is -3.13. The van der Waals surface area contributed by atoms with E-state index in [-0.39, 0.29) is 23.5 Å². The molecule has 0 saturated carbocycles. The van der Waals surface area contributed by atoms with Crippen LogP contribution in [0.2, 0.25) is 0 Å². The topological polar surface area (TPSA) is 86.1 Å². The molecule has 168 valence electrons. The second-order valence-corrected chi connectivity index (χ2v) is 8.53. The van der Waals surface area contributed by atoms with Gasteiger partial charge in [0.15, 0.2) is 22.9 Å². The highest BCUT2D eigenvalue weighted by atomic mass is 32.2. The normalized spacial score (nSPS) is 11.8. The number of ether oxygens (including phenoxy) is 1. The third kappa shape index (κ3) is 5.76. The van der Waals surface area contributed by atoms with E-state index in [0.29, 0.717) is 28.8 Å². The summed E-state index contributed by atoms with van der Waals surface area (Å²) in [4.78, 5) is 23.9. The lowest BCUT2D eigenvalue weighted by atomic mass is 10.1. The van der Waals surface area contributed by atoms with Gasteiger partial charge in [-0.25, -0.2) is 0 Å². The van der Waals surface area contributed by atoms with Gasteiger partial charge in [-0.2, -0.15) is 0 Å². The summed E-state index contributed by atoms with van der Waals surface area (Å²) >= 11 is 1.31. The number of thioether (sulfide) groups is 1. The summed E-state index contributed by atoms with van der Waals surface area (Å²) in [6.07, 6.45) is -0.290. The molecule has 0 spiro atoms. The third-order valence-electron chi connectivity index (χ3n) is 4.94. The number of amides is 1. The smallest absolute Gasteiger partial charge is 0.234 e. The number of hydrogen-bond acceptors (Lipinski definition) is 6. The van der Waals surface area contributed by atoms with Crippen molar-refractivity contribution in [1.29, 1.82) is 0 Å². The van der Waals surface area contributed by atoms with E-state index in [1.807, 2.05) is 44.4 Å². The van der Waals surface area contributed by atoms with Gasteiger partial charge in [0.2, 0.25) is 5.91 Å². The van der Waals surface area contributed by atoms with E-state index < -0.39 is 0 Å². The maximum absolute atomic E-state index is 12.4. The summed E-state index contributed by atoms with van der Waals surface area (Å²) in [6, 6.07) is 13.0. The Morgan fingerprint density at radius 2 is 1.94 bits per heavy atom. The first-order valence-corrected chi connectivity index (χ1v) is 11.5. The summed E-state index contributed by atoms with van der Waals surface area (Å²) in [5.74, 6) is 1.48. The summed E-state index contributed by atoms with van der Waals surface area (Å²) in [7, 11) is 0. The zero-order valence-electron chi connectivity index (χ0n) is 19.0. The molecule has 0 radical (unpaired) electrons. The highest BCUT2D eigenvalue weighted by molar-refractivity contribution is 7.99. The van der Waals surface area contributed by atoms with Crippen molar-refractivity contribution in [1.82, 2.24) is 14.8 Å². The number of nitrogens with one attached hydrogen (secondary N) is 1. The number of anilines is 1. The van der Waals surface area contributed by atoms with Crippen LogP contribution < -0.4 is 10.1 Å². The summed E-state index contributed by atoms with van der Waals surface area (Å²) in [5.41, 5.74) is 3.41. The zero-order valence-corrected chi connectivity index (χ0v) is 19.8. The molecule has 0 aliphatic heterocycles. The van der Waals surface area contributed by atoms with Crippen LogP contribution >= 0.6 is 11.8 Å². The summed E-state index contributed by atoms with van der Waals surface area (Å²) in [6.45, 7) is 10.2. The molecule has 1 N–H and O–H groups in total. The number of hydrogen-bond donors (Lipinski definition) is 1. The lowest BCUT2D eigenvalue weighted by molar-refractivity contribution is -0.113. The van der Waals surface area contributed by atoms with E-state index in [9.17, 15) is 9.59 Å². The predicted octanol–water partition coefficient (Wildman–Crippen LogP) is 4.99. The molecule has 3 aromatic rings.